The molecule has 1 atom stereocenters. The summed E-state index contributed by atoms with van der Waals surface area (Å²) >= 11 is 0. The summed E-state index contributed by atoms with van der Waals surface area (Å²) in [5, 5.41) is 3.19. The van der Waals surface area contributed by atoms with E-state index in [2.05, 4.69) is 10.3 Å². The largest absolute Gasteiger partial charge is 0.364 e. The Labute approximate surface area is 157 Å². The van der Waals surface area contributed by atoms with Gasteiger partial charge in [-0.25, -0.2) is 0 Å². The zero-order chi connectivity index (χ0) is 19.0. The number of aromatic amines is 1. The minimum Gasteiger partial charge on any atom is -0.364 e. The molecule has 2 aliphatic rings. The maximum absolute atomic E-state index is 12.7. The molecular formula is C21H23N3O3. The number of likely N-dealkylation sites (tertiary alicyclic amines) is 1. The van der Waals surface area contributed by atoms with Gasteiger partial charge < -0.3 is 15.2 Å². The molecule has 140 valence electrons. The van der Waals surface area contributed by atoms with Crippen LogP contribution in [0.25, 0.3) is 0 Å². The molecule has 0 aliphatic carbocycles. The molecule has 4 rings (SSSR count). The van der Waals surface area contributed by atoms with Crippen LogP contribution in [0.1, 0.15) is 46.8 Å². The molecule has 1 aromatic heterocycles. The first-order valence-electron chi connectivity index (χ1n) is 9.33. The van der Waals surface area contributed by atoms with E-state index in [0.29, 0.717) is 25.9 Å². The fraction of sp³-hybridized carbons (Fsp3) is 0.381. The van der Waals surface area contributed by atoms with Crippen LogP contribution in [0, 0.1) is 6.92 Å². The van der Waals surface area contributed by atoms with Gasteiger partial charge in [0.25, 0.3) is 5.91 Å². The van der Waals surface area contributed by atoms with Crippen LogP contribution >= 0.6 is 0 Å². The van der Waals surface area contributed by atoms with Crippen molar-refractivity contribution in [1.82, 2.24) is 15.2 Å². The molecule has 2 fully saturated rings. The average molecular weight is 365 g/mol. The molecule has 2 saturated heterocycles. The van der Waals surface area contributed by atoms with Crippen molar-refractivity contribution in [2.75, 3.05) is 13.1 Å². The predicted molar refractivity (Wildman–Crippen MR) is 102 cm³/mol. The molecule has 2 amide bonds. The number of hydrogen-bond donors (Lipinski definition) is 2. The number of nitrogens with zero attached hydrogens (tertiary/aromatic N) is 1. The Morgan fingerprint density at radius 3 is 2.52 bits per heavy atom. The number of H-pyrrole nitrogens is 1. The molecule has 2 N–H and O–H groups in total. The Balaban J connectivity index is 1.45. The van der Waals surface area contributed by atoms with Crippen LogP contribution in [0.15, 0.2) is 47.4 Å². The smallest absolute Gasteiger partial charge is 0.259 e. The molecule has 6 nitrogen and oxygen atoms in total. The lowest BCUT2D eigenvalue weighted by Gasteiger charge is -2.39. The van der Waals surface area contributed by atoms with Crippen LogP contribution in [0.2, 0.25) is 0 Å². The SMILES string of the molecule is Cc1cc(=O)c(C(=O)N2CCC3(CC2)C[C@@H](c2ccccc2)C(=O)N3)c[nH]1. The minimum atomic E-state index is -0.256. The molecular weight excluding hydrogens is 342 g/mol. The van der Waals surface area contributed by atoms with Gasteiger partial charge in [-0.1, -0.05) is 30.3 Å². The molecule has 2 aromatic rings. The molecule has 1 aromatic carbocycles. The second-order valence-electron chi connectivity index (χ2n) is 7.62. The number of carbonyl (C=O) groups excluding carboxylic acids is 2. The molecule has 27 heavy (non-hydrogen) atoms. The third-order valence-electron chi connectivity index (χ3n) is 5.80. The van der Waals surface area contributed by atoms with Gasteiger partial charge in [0.05, 0.1) is 5.92 Å². The highest BCUT2D eigenvalue weighted by Crippen LogP contribution is 2.39. The summed E-state index contributed by atoms with van der Waals surface area (Å²) in [6.45, 7) is 2.86. The Morgan fingerprint density at radius 2 is 1.85 bits per heavy atom. The molecule has 6 heteroatoms. The van der Waals surface area contributed by atoms with E-state index >= 15 is 0 Å². The second-order valence-corrected chi connectivity index (χ2v) is 7.62. The number of amides is 2. The summed E-state index contributed by atoms with van der Waals surface area (Å²) in [6, 6.07) is 11.3. The predicted octanol–water partition coefficient (Wildman–Crippen LogP) is 1.96. The van der Waals surface area contributed by atoms with Crippen molar-refractivity contribution >= 4 is 11.8 Å². The van der Waals surface area contributed by atoms with Crippen molar-refractivity contribution in [3.8, 4) is 0 Å². The van der Waals surface area contributed by atoms with Crippen LogP contribution in [0.5, 0.6) is 0 Å². The Bertz CT molecular complexity index is 927. The topological polar surface area (TPSA) is 82.3 Å². The van der Waals surface area contributed by atoms with Crippen molar-refractivity contribution in [2.24, 2.45) is 0 Å². The third-order valence-corrected chi connectivity index (χ3v) is 5.80. The lowest BCUT2D eigenvalue weighted by molar-refractivity contribution is -0.121. The number of hydrogen-bond acceptors (Lipinski definition) is 3. The summed E-state index contributed by atoms with van der Waals surface area (Å²) < 4.78 is 0. The lowest BCUT2D eigenvalue weighted by Crippen LogP contribution is -2.52. The average Bonchev–Trinajstić information content (AvgIpc) is 2.98. The van der Waals surface area contributed by atoms with E-state index in [4.69, 9.17) is 0 Å². The van der Waals surface area contributed by atoms with Crippen LogP contribution in [-0.4, -0.2) is 40.3 Å². The van der Waals surface area contributed by atoms with E-state index in [1.165, 1.54) is 12.3 Å². The zero-order valence-corrected chi connectivity index (χ0v) is 15.3. The highest BCUT2D eigenvalue weighted by molar-refractivity contribution is 5.94. The van der Waals surface area contributed by atoms with Gasteiger partial charge in [0.2, 0.25) is 5.91 Å². The summed E-state index contributed by atoms with van der Waals surface area (Å²) in [5.74, 6) is -0.306. The quantitative estimate of drug-likeness (QED) is 0.854. The van der Waals surface area contributed by atoms with Gasteiger partial charge in [0.15, 0.2) is 5.43 Å². The van der Waals surface area contributed by atoms with Crippen LogP contribution in [0.4, 0.5) is 0 Å². The summed E-state index contributed by atoms with van der Waals surface area (Å²) in [5.41, 5.74) is 1.43. The summed E-state index contributed by atoms with van der Waals surface area (Å²) in [4.78, 5) is 42.0. The number of aromatic nitrogens is 1. The fourth-order valence-corrected chi connectivity index (χ4v) is 4.22. The van der Waals surface area contributed by atoms with Crippen molar-refractivity contribution in [3.63, 3.8) is 0 Å². The van der Waals surface area contributed by atoms with Gasteiger partial charge in [0, 0.05) is 36.6 Å². The van der Waals surface area contributed by atoms with Gasteiger partial charge in [-0.2, -0.15) is 0 Å². The van der Waals surface area contributed by atoms with Gasteiger partial charge >= 0.3 is 0 Å². The Kier molecular flexibility index (Phi) is 4.34. The Hall–Kier alpha value is -2.89. The summed E-state index contributed by atoms with van der Waals surface area (Å²) in [6.07, 6.45) is 3.66. The highest BCUT2D eigenvalue weighted by Gasteiger charge is 2.46. The van der Waals surface area contributed by atoms with E-state index in [1.807, 2.05) is 30.3 Å². The maximum atomic E-state index is 12.7. The van der Waals surface area contributed by atoms with E-state index < -0.39 is 0 Å². The molecule has 0 unspecified atom stereocenters. The van der Waals surface area contributed by atoms with Gasteiger partial charge in [0.1, 0.15) is 5.56 Å². The highest BCUT2D eigenvalue weighted by atomic mass is 16.2. The number of pyridine rings is 1. The van der Waals surface area contributed by atoms with E-state index in [0.717, 1.165) is 17.7 Å². The monoisotopic (exact) mass is 365 g/mol. The van der Waals surface area contributed by atoms with E-state index in [-0.39, 0.29) is 34.3 Å². The normalized spacial score (nSPS) is 21.3. The van der Waals surface area contributed by atoms with Gasteiger partial charge in [-0.05, 0) is 31.7 Å². The van der Waals surface area contributed by atoms with E-state index in [9.17, 15) is 14.4 Å². The number of nitrogens with one attached hydrogen (secondary N) is 2. The first kappa shape index (κ1) is 17.5. The molecule has 0 saturated carbocycles. The molecule has 0 radical (unpaired) electrons. The Morgan fingerprint density at radius 1 is 1.15 bits per heavy atom. The number of aryl methyl sites for hydroxylation is 1. The minimum absolute atomic E-state index is 0.0657. The van der Waals surface area contributed by atoms with Crippen LogP contribution in [-0.2, 0) is 4.79 Å². The zero-order valence-electron chi connectivity index (χ0n) is 15.3. The maximum Gasteiger partial charge on any atom is 0.259 e. The number of carbonyl (C=O) groups is 2. The van der Waals surface area contributed by atoms with E-state index in [1.54, 1.807) is 11.8 Å². The molecule has 3 heterocycles. The molecule has 2 aliphatic heterocycles. The number of benzene rings is 1. The van der Waals surface area contributed by atoms with Crippen molar-refractivity contribution in [1.29, 1.82) is 0 Å². The van der Waals surface area contributed by atoms with Crippen molar-refractivity contribution in [3.05, 3.63) is 69.6 Å². The van der Waals surface area contributed by atoms with Gasteiger partial charge in [-0.15, -0.1) is 0 Å². The van der Waals surface area contributed by atoms with Crippen molar-refractivity contribution in [2.45, 2.75) is 37.6 Å². The number of piperidine rings is 1. The molecule has 0 bridgehead atoms. The van der Waals surface area contributed by atoms with Crippen LogP contribution < -0.4 is 10.7 Å². The van der Waals surface area contributed by atoms with Gasteiger partial charge in [-0.3, -0.25) is 14.4 Å². The van der Waals surface area contributed by atoms with Crippen LogP contribution in [0.3, 0.4) is 0 Å². The first-order valence-corrected chi connectivity index (χ1v) is 9.33. The third kappa shape index (κ3) is 3.27. The summed E-state index contributed by atoms with van der Waals surface area (Å²) in [7, 11) is 0. The molecule has 1 spiro atoms. The fourth-order valence-electron chi connectivity index (χ4n) is 4.22. The van der Waals surface area contributed by atoms with Crippen molar-refractivity contribution < 1.29 is 9.59 Å². The number of rotatable bonds is 2. The lowest BCUT2D eigenvalue weighted by atomic mass is 9.82. The second kappa shape index (κ2) is 6.68. The first-order chi connectivity index (χ1) is 13.0. The standard InChI is InChI=1S/C21H23N3O3/c1-14-11-18(25)17(13-22-14)20(27)24-9-7-21(8-10-24)12-16(19(26)23-21)15-5-3-2-4-6-15/h2-6,11,13,16H,7-10,12H2,1H3,(H,22,25)(H,23,26)/t16-/m0/s1.